The van der Waals surface area contributed by atoms with E-state index in [1.54, 1.807) is 12.5 Å². The fourth-order valence-corrected chi connectivity index (χ4v) is 8.99. The summed E-state index contributed by atoms with van der Waals surface area (Å²) in [6, 6.07) is 0. The maximum Gasteiger partial charge on any atom is 0.302 e. The van der Waals surface area contributed by atoms with Gasteiger partial charge in [0.2, 0.25) is 0 Å². The Morgan fingerprint density at radius 2 is 1.84 bits per heavy atom. The minimum Gasteiger partial charge on any atom is -0.462 e. The van der Waals surface area contributed by atoms with Gasteiger partial charge >= 0.3 is 5.97 Å². The Balaban J connectivity index is 1.47. The van der Waals surface area contributed by atoms with Crippen LogP contribution in [-0.4, -0.2) is 12.1 Å². The molecule has 0 aromatic heterocycles. The number of esters is 1. The maximum absolute atomic E-state index is 11.5. The quantitative estimate of drug-likeness (QED) is 0.317. The van der Waals surface area contributed by atoms with E-state index >= 15 is 0 Å². The zero-order chi connectivity index (χ0) is 22.4. The largest absolute Gasteiger partial charge is 0.462 e. The average Bonchev–Trinajstić information content (AvgIpc) is 3.05. The van der Waals surface area contributed by atoms with Crippen molar-refractivity contribution in [3.8, 4) is 0 Å². The lowest BCUT2D eigenvalue weighted by Crippen LogP contribution is -2.51. The number of allylic oxidation sites excluding steroid dienone is 1. The summed E-state index contributed by atoms with van der Waals surface area (Å²) in [6.45, 7) is 14.1. The van der Waals surface area contributed by atoms with Crippen molar-refractivity contribution in [3.05, 3.63) is 11.6 Å². The lowest BCUT2D eigenvalue weighted by Gasteiger charge is -2.58. The molecule has 0 aromatic carbocycles. The SMILES string of the molecule is CC(=O)O[C@H]1CCC2(C)C(=CCC3C2CCC2(C)C3CCC2[C@H](C)CCCC(C)C)C1. The topological polar surface area (TPSA) is 26.3 Å². The van der Waals surface area contributed by atoms with Crippen molar-refractivity contribution in [1.82, 2.24) is 0 Å². The van der Waals surface area contributed by atoms with Crippen LogP contribution in [0.3, 0.4) is 0 Å². The zero-order valence-corrected chi connectivity index (χ0v) is 21.2. The molecule has 6 unspecified atom stereocenters. The van der Waals surface area contributed by atoms with Crippen molar-refractivity contribution in [2.75, 3.05) is 0 Å². The van der Waals surface area contributed by atoms with Crippen LogP contribution >= 0.6 is 0 Å². The Morgan fingerprint density at radius 3 is 2.55 bits per heavy atom. The molecule has 3 fully saturated rings. The smallest absolute Gasteiger partial charge is 0.302 e. The Morgan fingerprint density at radius 1 is 1.06 bits per heavy atom. The first-order valence-electron chi connectivity index (χ1n) is 13.5. The number of carbonyl (C=O) groups is 1. The van der Waals surface area contributed by atoms with Crippen LogP contribution in [0.15, 0.2) is 11.6 Å². The first-order chi connectivity index (χ1) is 14.6. The van der Waals surface area contributed by atoms with Crippen LogP contribution in [-0.2, 0) is 9.53 Å². The van der Waals surface area contributed by atoms with Crippen LogP contribution < -0.4 is 0 Å². The van der Waals surface area contributed by atoms with Crippen molar-refractivity contribution in [2.24, 2.45) is 46.3 Å². The number of ether oxygens (including phenoxy) is 1. The standard InChI is InChI=1S/C29H48O2/c1-19(2)8-7-9-20(3)25-12-13-26-24-11-10-22-18-23(31-21(4)30)14-16-28(22,5)27(24)15-17-29(25,26)6/h10,19-20,23-27H,7-9,11-18H2,1-6H3/t20-,23+,24?,25?,26?,27?,28?,29?/m1/s1. The molecule has 4 rings (SSSR count). The van der Waals surface area contributed by atoms with E-state index in [1.165, 1.54) is 57.8 Å². The van der Waals surface area contributed by atoms with Crippen molar-refractivity contribution in [1.29, 1.82) is 0 Å². The van der Waals surface area contributed by atoms with Gasteiger partial charge in [-0.25, -0.2) is 0 Å². The summed E-state index contributed by atoms with van der Waals surface area (Å²) in [7, 11) is 0. The molecule has 4 aliphatic carbocycles. The predicted molar refractivity (Wildman–Crippen MR) is 129 cm³/mol. The lowest BCUT2D eigenvalue weighted by atomic mass is 9.47. The van der Waals surface area contributed by atoms with Gasteiger partial charge in [-0.3, -0.25) is 4.79 Å². The van der Waals surface area contributed by atoms with E-state index in [1.807, 2.05) is 0 Å². The molecular formula is C29H48O2. The van der Waals surface area contributed by atoms with Gasteiger partial charge in [-0.05, 0) is 91.3 Å². The summed E-state index contributed by atoms with van der Waals surface area (Å²) >= 11 is 0. The van der Waals surface area contributed by atoms with Gasteiger partial charge in [-0.15, -0.1) is 0 Å². The highest BCUT2D eigenvalue weighted by Crippen LogP contribution is 2.67. The second-order valence-electron chi connectivity index (χ2n) is 12.8. The number of hydrogen-bond donors (Lipinski definition) is 0. The fraction of sp³-hybridized carbons (Fsp3) is 0.897. The van der Waals surface area contributed by atoms with E-state index in [2.05, 4.69) is 40.7 Å². The normalized spacial score (nSPS) is 42.9. The molecule has 31 heavy (non-hydrogen) atoms. The zero-order valence-electron chi connectivity index (χ0n) is 21.2. The summed E-state index contributed by atoms with van der Waals surface area (Å²) in [5, 5.41) is 0. The number of hydrogen-bond acceptors (Lipinski definition) is 2. The van der Waals surface area contributed by atoms with E-state index in [9.17, 15) is 4.79 Å². The molecule has 0 bridgehead atoms. The highest BCUT2D eigenvalue weighted by molar-refractivity contribution is 5.66. The number of fused-ring (bicyclic) bond motifs is 5. The number of carbonyl (C=O) groups excluding carboxylic acids is 1. The van der Waals surface area contributed by atoms with Gasteiger partial charge in [-0.1, -0.05) is 65.5 Å². The Labute approximate surface area is 192 Å². The van der Waals surface area contributed by atoms with Gasteiger partial charge in [0.1, 0.15) is 6.10 Å². The second kappa shape index (κ2) is 8.86. The molecule has 0 aliphatic heterocycles. The maximum atomic E-state index is 11.5. The summed E-state index contributed by atoms with van der Waals surface area (Å²) in [5.74, 6) is 5.19. The third kappa shape index (κ3) is 4.26. The van der Waals surface area contributed by atoms with Crippen molar-refractivity contribution < 1.29 is 9.53 Å². The summed E-state index contributed by atoms with van der Waals surface area (Å²) in [4.78, 5) is 11.5. The monoisotopic (exact) mass is 428 g/mol. The highest BCUT2D eigenvalue weighted by Gasteiger charge is 2.59. The Bertz CT molecular complexity index is 693. The molecule has 4 aliphatic rings. The molecule has 176 valence electrons. The Hall–Kier alpha value is -0.790. The number of rotatable bonds is 6. The van der Waals surface area contributed by atoms with Crippen LogP contribution in [0.25, 0.3) is 0 Å². The van der Waals surface area contributed by atoms with Crippen molar-refractivity contribution >= 4 is 5.97 Å². The molecule has 2 heteroatoms. The molecule has 0 radical (unpaired) electrons. The molecule has 0 spiro atoms. The predicted octanol–water partition coefficient (Wildman–Crippen LogP) is 7.96. The van der Waals surface area contributed by atoms with Crippen LogP contribution in [0.5, 0.6) is 0 Å². The molecule has 0 aromatic rings. The molecule has 0 amide bonds. The molecule has 3 saturated carbocycles. The van der Waals surface area contributed by atoms with Gasteiger partial charge < -0.3 is 4.74 Å². The Kier molecular flexibility index (Phi) is 6.68. The van der Waals surface area contributed by atoms with Gasteiger partial charge in [-0.2, -0.15) is 0 Å². The van der Waals surface area contributed by atoms with E-state index in [0.29, 0.717) is 10.8 Å². The molecular weight excluding hydrogens is 380 g/mol. The minimum absolute atomic E-state index is 0.115. The van der Waals surface area contributed by atoms with Crippen LogP contribution in [0.1, 0.15) is 112 Å². The van der Waals surface area contributed by atoms with Gasteiger partial charge in [0.25, 0.3) is 0 Å². The molecule has 0 N–H and O–H groups in total. The fourth-order valence-electron chi connectivity index (χ4n) is 8.99. The van der Waals surface area contributed by atoms with Crippen LogP contribution in [0.2, 0.25) is 0 Å². The van der Waals surface area contributed by atoms with Crippen LogP contribution in [0, 0.1) is 46.3 Å². The van der Waals surface area contributed by atoms with Crippen molar-refractivity contribution in [3.63, 3.8) is 0 Å². The van der Waals surface area contributed by atoms with E-state index in [0.717, 1.165) is 48.3 Å². The second-order valence-corrected chi connectivity index (χ2v) is 12.8. The van der Waals surface area contributed by atoms with E-state index in [4.69, 9.17) is 4.74 Å². The summed E-state index contributed by atoms with van der Waals surface area (Å²) in [6.07, 6.45) is 17.2. The third-order valence-corrected chi connectivity index (χ3v) is 10.6. The molecule has 2 nitrogen and oxygen atoms in total. The van der Waals surface area contributed by atoms with Gasteiger partial charge in [0.05, 0.1) is 0 Å². The molecule has 0 saturated heterocycles. The van der Waals surface area contributed by atoms with Crippen molar-refractivity contribution in [2.45, 2.75) is 118 Å². The summed E-state index contributed by atoms with van der Waals surface area (Å²) < 4.78 is 5.61. The van der Waals surface area contributed by atoms with E-state index < -0.39 is 0 Å². The third-order valence-electron chi connectivity index (χ3n) is 10.6. The van der Waals surface area contributed by atoms with E-state index in [-0.39, 0.29) is 12.1 Å². The average molecular weight is 429 g/mol. The first kappa shape index (κ1) is 23.4. The lowest BCUT2D eigenvalue weighted by molar-refractivity contribution is -0.148. The molecule has 0 heterocycles. The first-order valence-corrected chi connectivity index (χ1v) is 13.5. The summed E-state index contributed by atoms with van der Waals surface area (Å²) in [5.41, 5.74) is 2.53. The van der Waals surface area contributed by atoms with Crippen LogP contribution in [0.4, 0.5) is 0 Å². The van der Waals surface area contributed by atoms with Gasteiger partial charge in [0.15, 0.2) is 0 Å². The van der Waals surface area contributed by atoms with Gasteiger partial charge in [0, 0.05) is 13.3 Å². The molecule has 8 atom stereocenters. The highest BCUT2D eigenvalue weighted by atomic mass is 16.5. The minimum atomic E-state index is -0.115.